The highest BCUT2D eigenvalue weighted by Gasteiger charge is 2.11. The van der Waals surface area contributed by atoms with Gasteiger partial charge in [-0.3, -0.25) is 9.59 Å². The van der Waals surface area contributed by atoms with Crippen LogP contribution in [0.4, 0.5) is 5.69 Å². The molecule has 0 fully saturated rings. The number of rotatable bonds is 10. The van der Waals surface area contributed by atoms with Crippen LogP contribution < -0.4 is 20.2 Å². The van der Waals surface area contributed by atoms with E-state index in [0.717, 1.165) is 0 Å². The molecule has 11 heteroatoms. The van der Waals surface area contributed by atoms with Crippen molar-refractivity contribution in [3.63, 3.8) is 0 Å². The molecule has 0 unspecified atom stereocenters. The van der Waals surface area contributed by atoms with Crippen molar-refractivity contribution in [3.8, 4) is 11.5 Å². The fraction of sp³-hybridized carbons (Fsp3) is 0.238. The molecular formula is C21H21Cl2N3O6. The maximum atomic E-state index is 12.0. The number of carbonyl (C=O) groups excluding carboxylic acids is 3. The lowest BCUT2D eigenvalue weighted by molar-refractivity contribution is -0.145. The molecule has 0 bridgehead atoms. The monoisotopic (exact) mass is 481 g/mol. The predicted octanol–water partition coefficient (Wildman–Crippen LogP) is 3.42. The molecule has 0 aliphatic carbocycles. The zero-order chi connectivity index (χ0) is 23.5. The fourth-order valence-electron chi connectivity index (χ4n) is 2.37. The van der Waals surface area contributed by atoms with Gasteiger partial charge in [-0.1, -0.05) is 23.2 Å². The van der Waals surface area contributed by atoms with E-state index >= 15 is 0 Å². The Hall–Kier alpha value is -3.30. The molecule has 2 N–H and O–H groups in total. The number of nitrogens with one attached hydrogen (secondary N) is 2. The van der Waals surface area contributed by atoms with Crippen LogP contribution in [0.3, 0.4) is 0 Å². The van der Waals surface area contributed by atoms with E-state index in [1.165, 1.54) is 25.5 Å². The topological polar surface area (TPSA) is 115 Å². The smallest absolute Gasteiger partial charge is 0.344 e. The quantitative estimate of drug-likeness (QED) is 0.232. The van der Waals surface area contributed by atoms with Gasteiger partial charge >= 0.3 is 5.97 Å². The number of carbonyl (C=O) groups is 3. The Morgan fingerprint density at radius 2 is 1.81 bits per heavy atom. The maximum Gasteiger partial charge on any atom is 0.344 e. The van der Waals surface area contributed by atoms with E-state index in [-0.39, 0.29) is 18.2 Å². The van der Waals surface area contributed by atoms with Crippen molar-refractivity contribution in [3.05, 3.63) is 52.0 Å². The molecule has 0 aromatic heterocycles. The number of ether oxygens (including phenoxy) is 3. The molecule has 2 aromatic rings. The SMILES string of the molecule is CCOC(=O)COc1ccc(C=NNC(=O)CC(=O)Nc2ccc(Cl)c(Cl)c2)cc1OC. The molecule has 2 rings (SSSR count). The first-order valence-electron chi connectivity index (χ1n) is 9.35. The molecule has 32 heavy (non-hydrogen) atoms. The molecule has 170 valence electrons. The predicted molar refractivity (Wildman–Crippen MR) is 121 cm³/mol. The number of benzene rings is 2. The Kier molecular flexibility index (Phi) is 9.77. The summed E-state index contributed by atoms with van der Waals surface area (Å²) in [4.78, 5) is 35.3. The van der Waals surface area contributed by atoms with Crippen molar-refractivity contribution in [1.82, 2.24) is 5.43 Å². The molecule has 0 saturated carbocycles. The van der Waals surface area contributed by atoms with Crippen molar-refractivity contribution in [2.24, 2.45) is 5.10 Å². The highest BCUT2D eigenvalue weighted by Crippen LogP contribution is 2.27. The molecule has 0 aliphatic heterocycles. The minimum atomic E-state index is -0.611. The highest BCUT2D eigenvalue weighted by atomic mass is 35.5. The normalized spacial score (nSPS) is 10.5. The number of amides is 2. The van der Waals surface area contributed by atoms with Crippen molar-refractivity contribution in [2.45, 2.75) is 13.3 Å². The summed E-state index contributed by atoms with van der Waals surface area (Å²) in [5.74, 6) is -0.932. The van der Waals surface area contributed by atoms with E-state index in [1.807, 2.05) is 0 Å². The number of anilines is 1. The third kappa shape index (κ3) is 8.09. The van der Waals surface area contributed by atoms with Crippen LogP contribution in [0.15, 0.2) is 41.5 Å². The maximum absolute atomic E-state index is 12.0. The van der Waals surface area contributed by atoms with Crippen LogP contribution in [-0.2, 0) is 19.1 Å². The van der Waals surface area contributed by atoms with E-state index < -0.39 is 24.2 Å². The summed E-state index contributed by atoms with van der Waals surface area (Å²) in [5.41, 5.74) is 3.27. The average molecular weight is 482 g/mol. The van der Waals surface area contributed by atoms with Gasteiger partial charge in [-0.25, -0.2) is 10.2 Å². The number of halogens is 2. The highest BCUT2D eigenvalue weighted by molar-refractivity contribution is 6.42. The summed E-state index contributed by atoms with van der Waals surface area (Å²) >= 11 is 11.7. The Labute approximate surface area is 194 Å². The largest absolute Gasteiger partial charge is 0.493 e. The molecule has 0 aliphatic rings. The first-order valence-corrected chi connectivity index (χ1v) is 10.1. The third-order valence-electron chi connectivity index (χ3n) is 3.77. The van der Waals surface area contributed by atoms with Crippen LogP contribution in [0.5, 0.6) is 11.5 Å². The Bertz CT molecular complexity index is 1010. The third-order valence-corrected chi connectivity index (χ3v) is 4.50. The van der Waals surface area contributed by atoms with E-state index in [2.05, 4.69) is 15.8 Å². The molecular weight excluding hydrogens is 461 g/mol. The van der Waals surface area contributed by atoms with E-state index in [9.17, 15) is 14.4 Å². The van der Waals surface area contributed by atoms with E-state index in [1.54, 1.807) is 31.2 Å². The number of hydrogen-bond donors (Lipinski definition) is 2. The summed E-state index contributed by atoms with van der Waals surface area (Å²) in [6.07, 6.45) is 0.925. The number of hydrazone groups is 1. The minimum absolute atomic E-state index is 0.252. The Balaban J connectivity index is 1.86. The summed E-state index contributed by atoms with van der Waals surface area (Å²) < 4.78 is 15.4. The van der Waals surface area contributed by atoms with E-state index in [0.29, 0.717) is 27.8 Å². The van der Waals surface area contributed by atoms with Crippen LogP contribution in [0, 0.1) is 0 Å². The molecule has 0 saturated heterocycles. The summed E-state index contributed by atoms with van der Waals surface area (Å²) in [6, 6.07) is 9.42. The van der Waals surface area contributed by atoms with Crippen LogP contribution in [0.25, 0.3) is 0 Å². The first-order chi connectivity index (χ1) is 15.3. The van der Waals surface area contributed by atoms with Gasteiger partial charge in [-0.15, -0.1) is 0 Å². The fourth-order valence-corrected chi connectivity index (χ4v) is 2.66. The van der Waals surface area contributed by atoms with Crippen molar-refractivity contribution in [2.75, 3.05) is 25.6 Å². The molecule has 0 atom stereocenters. The van der Waals surface area contributed by atoms with Crippen molar-refractivity contribution >= 4 is 52.9 Å². The van der Waals surface area contributed by atoms with Crippen LogP contribution in [0.2, 0.25) is 10.0 Å². The second kappa shape index (κ2) is 12.5. The van der Waals surface area contributed by atoms with Gasteiger partial charge in [-0.05, 0) is 48.9 Å². The molecule has 9 nitrogen and oxygen atoms in total. The zero-order valence-electron chi connectivity index (χ0n) is 17.3. The summed E-state index contributed by atoms with van der Waals surface area (Å²) in [6.45, 7) is 1.71. The van der Waals surface area contributed by atoms with Gasteiger partial charge in [-0.2, -0.15) is 5.10 Å². The average Bonchev–Trinajstić information content (AvgIpc) is 2.75. The Morgan fingerprint density at radius 3 is 2.50 bits per heavy atom. The molecule has 2 amide bonds. The van der Waals surface area contributed by atoms with Gasteiger partial charge in [0.2, 0.25) is 11.8 Å². The van der Waals surface area contributed by atoms with Crippen LogP contribution in [0.1, 0.15) is 18.9 Å². The zero-order valence-corrected chi connectivity index (χ0v) is 18.8. The Morgan fingerprint density at radius 1 is 1.03 bits per heavy atom. The second-order valence-corrected chi connectivity index (χ2v) is 6.97. The van der Waals surface area contributed by atoms with Gasteiger partial charge in [0, 0.05) is 5.69 Å². The lowest BCUT2D eigenvalue weighted by atomic mass is 10.2. The first kappa shape index (κ1) is 25.0. The van der Waals surface area contributed by atoms with Crippen LogP contribution in [-0.4, -0.2) is 44.3 Å². The van der Waals surface area contributed by atoms with Crippen LogP contribution >= 0.6 is 23.2 Å². The van der Waals surface area contributed by atoms with Gasteiger partial charge in [0.05, 0.1) is 30.0 Å². The number of nitrogens with zero attached hydrogens (tertiary/aromatic N) is 1. The van der Waals surface area contributed by atoms with Gasteiger partial charge < -0.3 is 19.5 Å². The van der Waals surface area contributed by atoms with Gasteiger partial charge in [0.25, 0.3) is 0 Å². The second-order valence-electron chi connectivity index (χ2n) is 6.15. The summed E-state index contributed by atoms with van der Waals surface area (Å²) in [5, 5.41) is 6.99. The lowest BCUT2D eigenvalue weighted by Crippen LogP contribution is -2.24. The minimum Gasteiger partial charge on any atom is -0.493 e. The number of hydrogen-bond acceptors (Lipinski definition) is 7. The summed E-state index contributed by atoms with van der Waals surface area (Å²) in [7, 11) is 1.45. The van der Waals surface area contributed by atoms with Crippen molar-refractivity contribution < 1.29 is 28.6 Å². The molecule has 0 spiro atoms. The molecule has 0 heterocycles. The van der Waals surface area contributed by atoms with Crippen molar-refractivity contribution in [1.29, 1.82) is 0 Å². The number of esters is 1. The number of methoxy groups -OCH3 is 1. The van der Waals surface area contributed by atoms with Gasteiger partial charge in [0.15, 0.2) is 18.1 Å². The lowest BCUT2D eigenvalue weighted by Gasteiger charge is -2.10. The molecule has 2 aromatic carbocycles. The van der Waals surface area contributed by atoms with Gasteiger partial charge in [0.1, 0.15) is 6.42 Å². The standard InChI is InChI=1S/C21H21Cl2N3O6/c1-3-31-21(29)12-32-17-7-4-13(8-18(17)30-2)11-24-26-20(28)10-19(27)25-14-5-6-15(22)16(23)9-14/h4-9,11H,3,10,12H2,1-2H3,(H,25,27)(H,26,28). The van der Waals surface area contributed by atoms with E-state index in [4.69, 9.17) is 37.4 Å². The molecule has 0 radical (unpaired) electrons.